The Bertz CT molecular complexity index is 1430. The van der Waals surface area contributed by atoms with E-state index < -0.39 is 53.9 Å². The number of hydrogen-bond donors (Lipinski definition) is 1. The summed E-state index contributed by atoms with van der Waals surface area (Å²) in [7, 11) is 0. The maximum absolute atomic E-state index is 12.9. The van der Waals surface area contributed by atoms with Gasteiger partial charge in [-0.3, -0.25) is 0 Å². The van der Waals surface area contributed by atoms with E-state index in [1.54, 1.807) is 60.6 Å². The summed E-state index contributed by atoms with van der Waals surface area (Å²) in [5.41, 5.74) is 1.38. The van der Waals surface area contributed by atoms with Crippen LogP contribution < -0.4 is 18.4 Å². The number of hydrogen-bond acceptors (Lipinski definition) is 10. The van der Waals surface area contributed by atoms with Crippen LogP contribution in [0.1, 0.15) is 97.8 Å². The number of nitrogens with one attached hydrogen (secondary N) is 1. The van der Waals surface area contributed by atoms with Crippen LogP contribution in [0.3, 0.4) is 0 Å². The summed E-state index contributed by atoms with van der Waals surface area (Å²) in [5.74, 6) is -0.212. The summed E-state index contributed by atoms with van der Waals surface area (Å²) in [6.07, 6.45) is 0.379. The fraction of sp³-hybridized carbons (Fsp3) is 0.579. The molecule has 0 aliphatic rings. The van der Waals surface area contributed by atoms with Crippen molar-refractivity contribution in [3.05, 3.63) is 53.1 Å². The molecular formula is C38H57NO10Sn. The fourth-order valence-corrected chi connectivity index (χ4v) is 13.3. The molecule has 0 radical (unpaired) electrons. The van der Waals surface area contributed by atoms with Crippen LogP contribution in [0.25, 0.3) is 0 Å². The van der Waals surface area contributed by atoms with Crippen LogP contribution in [-0.2, 0) is 41.6 Å². The van der Waals surface area contributed by atoms with Crippen LogP contribution in [-0.4, -0.2) is 73.5 Å². The molecule has 50 heavy (non-hydrogen) atoms. The second kappa shape index (κ2) is 19.3. The number of carbonyl (C=O) groups is 4. The first-order valence-corrected chi connectivity index (χ1v) is 26.5. The second-order valence-corrected chi connectivity index (χ2v) is 28.7. The Morgan fingerprint density at radius 1 is 0.880 bits per heavy atom. The summed E-state index contributed by atoms with van der Waals surface area (Å²) in [4.78, 5) is 54.5. The van der Waals surface area contributed by atoms with Gasteiger partial charge in [0.2, 0.25) is 0 Å². The number of esters is 1. The number of benzene rings is 2. The Labute approximate surface area is 301 Å². The molecule has 2 aromatic rings. The molecule has 0 aromatic heterocycles. The first-order chi connectivity index (χ1) is 23.3. The van der Waals surface area contributed by atoms with E-state index in [1.165, 1.54) is 5.56 Å². The van der Waals surface area contributed by atoms with Gasteiger partial charge in [0.25, 0.3) is 0 Å². The predicted octanol–water partition coefficient (Wildman–Crippen LogP) is 7.57. The van der Waals surface area contributed by atoms with Crippen LogP contribution in [0, 0.1) is 0 Å². The Kier molecular flexibility index (Phi) is 16.6. The average molecular weight is 807 g/mol. The Hall–Kier alpha value is -3.32. The van der Waals surface area contributed by atoms with Crippen LogP contribution in [0.4, 0.5) is 9.59 Å². The predicted molar refractivity (Wildman–Crippen MR) is 195 cm³/mol. The summed E-state index contributed by atoms with van der Waals surface area (Å²) >= 11 is -3.34. The topological polar surface area (TPSA) is 136 Å². The summed E-state index contributed by atoms with van der Waals surface area (Å²) in [6.45, 7) is 17.5. The molecular weight excluding hydrogens is 749 g/mol. The van der Waals surface area contributed by atoms with Crippen molar-refractivity contribution < 1.29 is 47.6 Å². The van der Waals surface area contributed by atoms with Crippen molar-refractivity contribution in [3.63, 3.8) is 0 Å². The van der Waals surface area contributed by atoms with E-state index in [4.69, 9.17) is 28.4 Å². The molecule has 1 N–H and O–H groups in total. The van der Waals surface area contributed by atoms with Gasteiger partial charge in [0.05, 0.1) is 0 Å². The molecule has 12 heteroatoms. The first-order valence-electron chi connectivity index (χ1n) is 17.3. The molecule has 2 atom stereocenters. The van der Waals surface area contributed by atoms with Gasteiger partial charge in [-0.1, -0.05) is 0 Å². The zero-order valence-corrected chi connectivity index (χ0v) is 34.6. The van der Waals surface area contributed by atoms with Crippen LogP contribution in [0.2, 0.25) is 14.3 Å². The number of rotatable bonds is 17. The molecule has 0 saturated heterocycles. The van der Waals surface area contributed by atoms with Gasteiger partial charge in [0.1, 0.15) is 0 Å². The van der Waals surface area contributed by atoms with E-state index in [0.29, 0.717) is 31.1 Å². The number of ether oxygens (including phenoxy) is 6. The van der Waals surface area contributed by atoms with Crippen molar-refractivity contribution in [2.75, 3.05) is 13.2 Å². The van der Waals surface area contributed by atoms with Gasteiger partial charge in [0.15, 0.2) is 0 Å². The molecule has 11 nitrogen and oxygen atoms in total. The second-order valence-electron chi connectivity index (χ2n) is 15.0. The van der Waals surface area contributed by atoms with Gasteiger partial charge >= 0.3 is 303 Å². The van der Waals surface area contributed by atoms with E-state index in [2.05, 4.69) is 53.3 Å². The Morgan fingerprint density at radius 2 is 1.44 bits per heavy atom. The molecule has 2 unspecified atom stereocenters. The summed E-state index contributed by atoms with van der Waals surface area (Å²) < 4.78 is 35.1. The van der Waals surface area contributed by atoms with E-state index in [0.717, 1.165) is 26.4 Å². The third kappa shape index (κ3) is 14.9. The van der Waals surface area contributed by atoms with Crippen molar-refractivity contribution in [1.29, 1.82) is 0 Å². The van der Waals surface area contributed by atoms with E-state index >= 15 is 0 Å². The summed E-state index contributed by atoms with van der Waals surface area (Å²) in [6, 6.07) is 10.8. The van der Waals surface area contributed by atoms with E-state index in [1.807, 2.05) is 0 Å². The standard InChI is InChI=1S/C22H30NO9.C14H21O.2CH3.Sn/c1-8-28-18(25)15(23-13-24)11-14-9-10-16(29-19(26)31-21(2,3)4)17(12-14)30-20(27)32-22(5,6)7;1-4-10-15-11-13-6-8-14(9-7-13)12(3)5-2;;;/h10,12-13,15H,8,11H2,1-7H3,(H,23,24);6-9,12H,1,4-5,10-11H2,2-3H3;2*1H3;. The van der Waals surface area contributed by atoms with E-state index in [-0.39, 0.29) is 24.5 Å². The minimum absolute atomic E-state index is 0.0262. The van der Waals surface area contributed by atoms with Crippen molar-refractivity contribution in [1.82, 2.24) is 5.32 Å². The van der Waals surface area contributed by atoms with Crippen LogP contribution in [0.5, 0.6) is 11.5 Å². The van der Waals surface area contributed by atoms with Crippen molar-refractivity contribution in [2.24, 2.45) is 0 Å². The molecule has 2 aromatic carbocycles. The van der Waals surface area contributed by atoms with Crippen molar-refractivity contribution in [2.45, 2.75) is 126 Å². The Morgan fingerprint density at radius 3 is 1.94 bits per heavy atom. The average Bonchev–Trinajstić information content (AvgIpc) is 2.99. The SMILES string of the molecule is CCOC(=O)C(Cc1cc(OC(=O)OC(C)(C)C)c(OC(=O)OC(C)(C)C)c[c]1[Sn]([CH3])([CH3])[CH2]CCOCc1ccc(C(C)CC)cc1)NC=O. The van der Waals surface area contributed by atoms with E-state index in [9.17, 15) is 19.2 Å². The molecule has 0 aliphatic heterocycles. The van der Waals surface area contributed by atoms with Crippen LogP contribution in [0.15, 0.2) is 36.4 Å². The summed E-state index contributed by atoms with van der Waals surface area (Å²) in [5, 5.41) is 2.56. The van der Waals surface area contributed by atoms with Gasteiger partial charge in [-0.15, -0.1) is 0 Å². The molecule has 0 fully saturated rings. The zero-order chi connectivity index (χ0) is 37.7. The molecule has 2 rings (SSSR count). The quantitative estimate of drug-likeness (QED) is 0.0426. The number of amides is 1. The van der Waals surface area contributed by atoms with Gasteiger partial charge in [0, 0.05) is 0 Å². The number of carbonyl (C=O) groups excluding carboxylic acids is 4. The van der Waals surface area contributed by atoms with Crippen molar-refractivity contribution >= 4 is 46.6 Å². The monoisotopic (exact) mass is 807 g/mol. The normalized spacial score (nSPS) is 13.1. The molecule has 1 amide bonds. The molecule has 0 spiro atoms. The Balaban J connectivity index is 2.46. The molecule has 278 valence electrons. The van der Waals surface area contributed by atoms with Gasteiger partial charge < -0.3 is 0 Å². The van der Waals surface area contributed by atoms with Crippen LogP contribution >= 0.6 is 0 Å². The first kappa shape index (κ1) is 42.8. The molecule has 0 saturated carbocycles. The third-order valence-electron chi connectivity index (χ3n) is 7.85. The van der Waals surface area contributed by atoms with Gasteiger partial charge in [-0.25, -0.2) is 0 Å². The molecule has 0 bridgehead atoms. The van der Waals surface area contributed by atoms with Gasteiger partial charge in [-0.05, 0) is 0 Å². The third-order valence-corrected chi connectivity index (χ3v) is 17.9. The molecule has 0 aliphatic carbocycles. The van der Waals surface area contributed by atoms with Crippen molar-refractivity contribution in [3.8, 4) is 11.5 Å². The zero-order valence-electron chi connectivity index (χ0n) is 31.7. The molecule has 0 heterocycles. The fourth-order valence-electron chi connectivity index (χ4n) is 5.16. The van der Waals surface area contributed by atoms with Gasteiger partial charge in [-0.2, -0.15) is 0 Å². The minimum atomic E-state index is -3.34. The maximum atomic E-state index is 12.9.